The zero-order valence-electron chi connectivity index (χ0n) is 17.3. The largest absolute Gasteiger partial charge is 0.342 e. The van der Waals surface area contributed by atoms with Gasteiger partial charge in [-0.1, -0.05) is 17.7 Å². The molecule has 0 radical (unpaired) electrons. The second-order valence-electron chi connectivity index (χ2n) is 8.88. The van der Waals surface area contributed by atoms with Gasteiger partial charge in [-0.05, 0) is 62.8 Å². The molecule has 8 heteroatoms. The van der Waals surface area contributed by atoms with Gasteiger partial charge in [-0.25, -0.2) is 0 Å². The van der Waals surface area contributed by atoms with Crippen LogP contribution in [0.1, 0.15) is 56.9 Å². The Bertz CT molecular complexity index is 1230. The number of rotatable bonds is 5. The van der Waals surface area contributed by atoms with Gasteiger partial charge >= 0.3 is 0 Å². The maximum Gasteiger partial charge on any atom is 0.292 e. The van der Waals surface area contributed by atoms with Crippen LogP contribution in [0.3, 0.4) is 0 Å². The molecule has 0 spiro atoms. The van der Waals surface area contributed by atoms with Crippen LogP contribution >= 0.6 is 11.6 Å². The van der Waals surface area contributed by atoms with Crippen molar-refractivity contribution in [3.05, 3.63) is 51.3 Å². The lowest BCUT2D eigenvalue weighted by molar-refractivity contribution is -0.117. The van der Waals surface area contributed by atoms with Gasteiger partial charge in [0, 0.05) is 22.9 Å². The fraction of sp³-hybridized carbons (Fsp3) is 0.391. The molecule has 1 aliphatic heterocycles. The number of hydrogen-bond donors (Lipinski definition) is 2. The minimum Gasteiger partial charge on any atom is -0.342 e. The van der Waals surface area contributed by atoms with Crippen LogP contribution in [0.2, 0.25) is 5.02 Å². The SMILES string of the molecule is Cc1ccc(NC(=O)c2c(C)c(C(=O)C(=O)NC34CC3(C#N)C4)c3n2CCC3)cc1Cl. The van der Waals surface area contributed by atoms with E-state index >= 15 is 0 Å². The molecule has 2 heterocycles. The number of fused-ring (bicyclic) bond motifs is 2. The maximum absolute atomic E-state index is 13.1. The number of carbonyl (C=O) groups is 3. The first-order chi connectivity index (χ1) is 14.7. The predicted octanol–water partition coefficient (Wildman–Crippen LogP) is 3.31. The van der Waals surface area contributed by atoms with Crippen molar-refractivity contribution in [2.24, 2.45) is 5.41 Å². The van der Waals surface area contributed by atoms with E-state index in [1.165, 1.54) is 0 Å². The van der Waals surface area contributed by atoms with Crippen molar-refractivity contribution >= 4 is 34.9 Å². The molecule has 0 saturated heterocycles. The minimum absolute atomic E-state index is 0.308. The summed E-state index contributed by atoms with van der Waals surface area (Å²) in [5.41, 5.74) is 2.40. The van der Waals surface area contributed by atoms with Crippen LogP contribution in [0.5, 0.6) is 0 Å². The highest BCUT2D eigenvalue weighted by Crippen LogP contribution is 2.78. The molecule has 158 valence electrons. The third-order valence-electron chi connectivity index (χ3n) is 6.93. The Balaban J connectivity index is 1.42. The number of aryl methyl sites for hydroxylation is 1. The number of anilines is 1. The Kier molecular flexibility index (Phi) is 4.12. The first kappa shape index (κ1) is 19.8. The highest BCUT2D eigenvalue weighted by Gasteiger charge is 2.85. The van der Waals surface area contributed by atoms with Gasteiger partial charge in [0.05, 0.1) is 22.6 Å². The van der Waals surface area contributed by atoms with Crippen LogP contribution < -0.4 is 10.6 Å². The molecule has 3 aliphatic rings. The summed E-state index contributed by atoms with van der Waals surface area (Å²) in [6.07, 6.45) is 2.64. The summed E-state index contributed by atoms with van der Waals surface area (Å²) in [4.78, 5) is 38.8. The van der Waals surface area contributed by atoms with Gasteiger partial charge in [0.25, 0.3) is 17.6 Å². The van der Waals surface area contributed by atoms with E-state index in [9.17, 15) is 19.6 Å². The lowest BCUT2D eigenvalue weighted by Crippen LogP contribution is -2.37. The number of nitriles is 1. The molecule has 0 atom stereocenters. The topological polar surface area (TPSA) is 104 Å². The zero-order chi connectivity index (χ0) is 22.1. The monoisotopic (exact) mass is 436 g/mol. The normalized spacial score (nSPS) is 24.6. The van der Waals surface area contributed by atoms with Gasteiger partial charge in [-0.3, -0.25) is 14.4 Å². The summed E-state index contributed by atoms with van der Waals surface area (Å²) >= 11 is 6.16. The Morgan fingerprint density at radius 2 is 1.97 bits per heavy atom. The number of halogens is 1. The van der Waals surface area contributed by atoms with Crippen molar-refractivity contribution in [2.75, 3.05) is 5.32 Å². The number of amides is 2. The van der Waals surface area contributed by atoms with Gasteiger partial charge in [0.2, 0.25) is 0 Å². The average molecular weight is 437 g/mol. The number of hydrogen-bond acceptors (Lipinski definition) is 4. The van der Waals surface area contributed by atoms with Crippen molar-refractivity contribution in [1.29, 1.82) is 5.26 Å². The summed E-state index contributed by atoms with van der Waals surface area (Å²) in [6.45, 7) is 4.20. The third-order valence-corrected chi connectivity index (χ3v) is 7.34. The molecule has 2 amide bonds. The summed E-state index contributed by atoms with van der Waals surface area (Å²) in [5.74, 6) is -1.68. The van der Waals surface area contributed by atoms with Crippen LogP contribution in [-0.4, -0.2) is 27.7 Å². The summed E-state index contributed by atoms with van der Waals surface area (Å²) in [6, 6.07) is 7.50. The predicted molar refractivity (Wildman–Crippen MR) is 114 cm³/mol. The molecule has 2 aliphatic carbocycles. The Morgan fingerprint density at radius 1 is 1.23 bits per heavy atom. The molecule has 2 saturated carbocycles. The van der Waals surface area contributed by atoms with E-state index in [1.807, 2.05) is 17.6 Å². The van der Waals surface area contributed by atoms with Crippen molar-refractivity contribution in [2.45, 2.75) is 51.6 Å². The van der Waals surface area contributed by atoms with Gasteiger partial charge in [0.15, 0.2) is 0 Å². The number of nitrogens with one attached hydrogen (secondary N) is 2. The van der Waals surface area contributed by atoms with Crippen molar-refractivity contribution in [1.82, 2.24) is 9.88 Å². The fourth-order valence-electron chi connectivity index (χ4n) is 4.85. The summed E-state index contributed by atoms with van der Waals surface area (Å²) in [7, 11) is 0. The van der Waals surface area contributed by atoms with Crippen LogP contribution in [0.4, 0.5) is 5.69 Å². The number of benzene rings is 1. The third kappa shape index (κ3) is 2.82. The van der Waals surface area contributed by atoms with Crippen molar-refractivity contribution < 1.29 is 14.4 Å². The molecule has 2 N–H and O–H groups in total. The first-order valence-electron chi connectivity index (χ1n) is 10.3. The lowest BCUT2D eigenvalue weighted by Gasteiger charge is -2.10. The maximum atomic E-state index is 13.1. The number of Topliss-reactive ketones (excluding diaryl/α,β-unsaturated/α-hetero) is 1. The molecule has 7 nitrogen and oxygen atoms in total. The average Bonchev–Trinajstić information content (AvgIpc) is 3.35. The first-order valence-corrected chi connectivity index (χ1v) is 10.7. The standard InChI is InChI=1S/C23H21ClN4O3/c1-12-5-6-14(8-15(12)24)26-20(30)18-13(2)17(16-4-3-7-28(16)18)19(29)21(31)27-23-9-22(23,10-23)11-25/h5-6,8H,3-4,7,9-10H2,1-2H3,(H,26,30)(H,27,31). The molecule has 1 aromatic heterocycles. The van der Waals surface area contributed by atoms with Gasteiger partial charge in [-0.15, -0.1) is 0 Å². The van der Waals surface area contributed by atoms with Crippen LogP contribution in [0, 0.1) is 30.6 Å². The van der Waals surface area contributed by atoms with E-state index < -0.39 is 22.6 Å². The number of ketones is 1. The summed E-state index contributed by atoms with van der Waals surface area (Å²) in [5, 5.41) is 15.4. The Morgan fingerprint density at radius 3 is 2.61 bits per heavy atom. The molecular formula is C23H21ClN4O3. The molecule has 2 aromatic rings. The van der Waals surface area contributed by atoms with Crippen LogP contribution in [-0.2, 0) is 17.8 Å². The molecule has 31 heavy (non-hydrogen) atoms. The second kappa shape index (κ2) is 6.44. The van der Waals surface area contributed by atoms with Crippen LogP contribution in [0.25, 0.3) is 0 Å². The van der Waals surface area contributed by atoms with Gasteiger partial charge in [0.1, 0.15) is 5.69 Å². The van der Waals surface area contributed by atoms with Crippen molar-refractivity contribution in [3.8, 4) is 6.07 Å². The van der Waals surface area contributed by atoms with E-state index in [2.05, 4.69) is 16.7 Å². The van der Waals surface area contributed by atoms with Gasteiger partial charge in [-0.2, -0.15) is 5.26 Å². The molecular weight excluding hydrogens is 416 g/mol. The summed E-state index contributed by atoms with van der Waals surface area (Å²) < 4.78 is 1.84. The van der Waals surface area contributed by atoms with E-state index in [1.54, 1.807) is 19.1 Å². The number of carbonyl (C=O) groups excluding carboxylic acids is 3. The smallest absolute Gasteiger partial charge is 0.292 e. The minimum atomic E-state index is -0.699. The highest BCUT2D eigenvalue weighted by atomic mass is 35.5. The second-order valence-corrected chi connectivity index (χ2v) is 9.29. The highest BCUT2D eigenvalue weighted by molar-refractivity contribution is 6.44. The molecule has 0 unspecified atom stereocenters. The molecule has 2 fully saturated rings. The van der Waals surface area contributed by atoms with E-state index in [-0.39, 0.29) is 5.91 Å². The van der Waals surface area contributed by atoms with Crippen LogP contribution in [0.15, 0.2) is 18.2 Å². The Hall–Kier alpha value is -3.11. The fourth-order valence-corrected chi connectivity index (χ4v) is 5.03. The molecule has 1 aromatic carbocycles. The Labute approximate surface area is 184 Å². The zero-order valence-corrected chi connectivity index (χ0v) is 18.0. The molecule has 5 rings (SSSR count). The van der Waals surface area contributed by atoms with E-state index in [4.69, 9.17) is 11.6 Å². The number of aromatic nitrogens is 1. The van der Waals surface area contributed by atoms with E-state index in [0.717, 1.165) is 17.7 Å². The lowest BCUT2D eigenvalue weighted by atomic mass is 10.0. The van der Waals surface area contributed by atoms with Crippen molar-refractivity contribution in [3.63, 3.8) is 0 Å². The number of nitrogens with zero attached hydrogens (tertiary/aromatic N) is 2. The quantitative estimate of drug-likeness (QED) is 0.554. The van der Waals surface area contributed by atoms with E-state index in [0.29, 0.717) is 53.3 Å². The van der Waals surface area contributed by atoms with Gasteiger partial charge < -0.3 is 15.2 Å². The molecule has 0 bridgehead atoms.